The predicted octanol–water partition coefficient (Wildman–Crippen LogP) is 4.17. The quantitative estimate of drug-likeness (QED) is 0.764. The van der Waals surface area contributed by atoms with E-state index in [1.54, 1.807) is 12.1 Å². The van der Waals surface area contributed by atoms with Crippen molar-refractivity contribution in [3.05, 3.63) is 39.7 Å². The minimum atomic E-state index is -4.54. The van der Waals surface area contributed by atoms with E-state index in [0.717, 1.165) is 36.9 Å². The monoisotopic (exact) mass is 322 g/mol. The Morgan fingerprint density at radius 1 is 1.22 bits per heavy atom. The van der Waals surface area contributed by atoms with Gasteiger partial charge in [-0.15, -0.1) is 0 Å². The largest absolute Gasteiger partial charge is 0.417 e. The highest BCUT2D eigenvalue weighted by molar-refractivity contribution is 5.89. The second kappa shape index (κ2) is 4.52. The lowest BCUT2D eigenvalue weighted by Gasteiger charge is -2.36. The summed E-state index contributed by atoms with van der Waals surface area (Å²) in [6.07, 6.45) is -0.340. The van der Waals surface area contributed by atoms with Crippen LogP contribution in [0.5, 0.6) is 0 Å². The smallest absolute Gasteiger partial charge is 0.381 e. The van der Waals surface area contributed by atoms with Gasteiger partial charge in [-0.05, 0) is 30.5 Å². The van der Waals surface area contributed by atoms with Crippen molar-refractivity contribution in [1.82, 2.24) is 4.98 Å². The third-order valence-electron chi connectivity index (χ3n) is 5.44. The van der Waals surface area contributed by atoms with Crippen LogP contribution in [-0.2, 0) is 11.6 Å². The summed E-state index contributed by atoms with van der Waals surface area (Å²) in [5, 5.41) is 3.52. The van der Waals surface area contributed by atoms with Crippen molar-refractivity contribution in [1.29, 1.82) is 0 Å². The van der Waals surface area contributed by atoms with Crippen LogP contribution >= 0.6 is 0 Å². The van der Waals surface area contributed by atoms with E-state index >= 15 is 0 Å². The van der Waals surface area contributed by atoms with Crippen LogP contribution in [0.1, 0.15) is 43.7 Å². The summed E-state index contributed by atoms with van der Waals surface area (Å²) in [6, 6.07) is 4.19. The van der Waals surface area contributed by atoms with Gasteiger partial charge in [0.15, 0.2) is 0 Å². The molecule has 2 aromatic rings. The van der Waals surface area contributed by atoms with Crippen molar-refractivity contribution < 1.29 is 13.2 Å². The molecule has 0 amide bonds. The molecule has 122 valence electrons. The molecular formula is C17H17F3N2O. The fourth-order valence-electron chi connectivity index (χ4n) is 4.21. The zero-order valence-corrected chi connectivity index (χ0v) is 12.7. The Kier molecular flexibility index (Phi) is 2.87. The number of alkyl halides is 3. The van der Waals surface area contributed by atoms with Crippen LogP contribution in [0.4, 0.5) is 18.9 Å². The molecular weight excluding hydrogens is 305 g/mol. The molecule has 1 aliphatic carbocycles. The van der Waals surface area contributed by atoms with Crippen LogP contribution in [0.2, 0.25) is 0 Å². The maximum atomic E-state index is 13.3. The number of halogens is 3. The Morgan fingerprint density at radius 3 is 2.74 bits per heavy atom. The van der Waals surface area contributed by atoms with Crippen LogP contribution in [-0.4, -0.2) is 11.0 Å². The lowest BCUT2D eigenvalue weighted by atomic mass is 9.69. The van der Waals surface area contributed by atoms with Gasteiger partial charge >= 0.3 is 6.18 Å². The number of hydrogen-bond acceptors (Lipinski definition) is 2. The SMILES string of the molecule is C[C@]12CCCC[C@H]1Nc1cc3[nH]c(=O)cc(C(F)(F)F)c3cc12. The second-order valence-corrected chi connectivity index (χ2v) is 6.85. The summed E-state index contributed by atoms with van der Waals surface area (Å²) in [7, 11) is 0. The molecule has 23 heavy (non-hydrogen) atoms. The highest BCUT2D eigenvalue weighted by Gasteiger charge is 2.45. The number of nitrogens with one attached hydrogen (secondary N) is 2. The predicted molar refractivity (Wildman–Crippen MR) is 82.8 cm³/mol. The number of aromatic nitrogens is 1. The van der Waals surface area contributed by atoms with E-state index in [-0.39, 0.29) is 22.4 Å². The first kappa shape index (κ1) is 14.6. The Balaban J connectivity index is 2.01. The van der Waals surface area contributed by atoms with Crippen molar-refractivity contribution >= 4 is 16.6 Å². The summed E-state index contributed by atoms with van der Waals surface area (Å²) in [6.45, 7) is 2.13. The second-order valence-electron chi connectivity index (χ2n) is 6.85. The van der Waals surface area contributed by atoms with Crippen molar-refractivity contribution in [2.24, 2.45) is 0 Å². The molecule has 2 N–H and O–H groups in total. The molecule has 3 nitrogen and oxygen atoms in total. The van der Waals surface area contributed by atoms with Gasteiger partial charge < -0.3 is 10.3 Å². The van der Waals surface area contributed by atoms with Gasteiger partial charge in [0.2, 0.25) is 5.56 Å². The molecule has 0 spiro atoms. The molecule has 0 saturated heterocycles. The molecule has 2 heterocycles. The standard InChI is InChI=1S/C17H17F3N2O/c1-16-5-3-2-4-14(16)21-13-8-12-9(6-11(13)16)10(17(18,19)20)7-15(23)22-12/h6-8,14,21H,2-5H2,1H3,(H,22,23)/t14-,16-/m1/s1. The number of hydrogen-bond donors (Lipinski definition) is 2. The van der Waals surface area contributed by atoms with E-state index in [2.05, 4.69) is 17.2 Å². The molecule has 1 fully saturated rings. The van der Waals surface area contributed by atoms with Gasteiger partial charge in [-0.3, -0.25) is 4.79 Å². The van der Waals surface area contributed by atoms with Crippen LogP contribution in [0.3, 0.4) is 0 Å². The Labute approximate surface area is 130 Å². The van der Waals surface area contributed by atoms with Crippen molar-refractivity contribution in [2.45, 2.75) is 50.2 Å². The Hall–Kier alpha value is -1.98. The summed E-state index contributed by atoms with van der Waals surface area (Å²) >= 11 is 0. The number of fused-ring (bicyclic) bond motifs is 4. The average molecular weight is 322 g/mol. The van der Waals surface area contributed by atoms with Gasteiger partial charge in [-0.25, -0.2) is 0 Å². The molecule has 0 unspecified atom stereocenters. The first-order chi connectivity index (χ1) is 10.8. The summed E-state index contributed by atoms with van der Waals surface area (Å²) in [4.78, 5) is 14.1. The van der Waals surface area contributed by atoms with Gasteiger partial charge in [0.05, 0.1) is 11.1 Å². The number of H-pyrrole nitrogens is 1. The van der Waals surface area contributed by atoms with Gasteiger partial charge in [0.25, 0.3) is 0 Å². The third-order valence-corrected chi connectivity index (χ3v) is 5.44. The number of benzene rings is 1. The maximum absolute atomic E-state index is 13.3. The number of anilines is 1. The topological polar surface area (TPSA) is 44.9 Å². The Bertz CT molecular complexity index is 855. The van der Waals surface area contributed by atoms with Crippen molar-refractivity contribution in [3.8, 4) is 0 Å². The fraction of sp³-hybridized carbons (Fsp3) is 0.471. The zero-order valence-electron chi connectivity index (χ0n) is 12.7. The van der Waals surface area contributed by atoms with Gasteiger partial charge in [0.1, 0.15) is 0 Å². The molecule has 0 bridgehead atoms. The average Bonchev–Trinajstić information content (AvgIpc) is 2.75. The normalized spacial score (nSPS) is 26.7. The first-order valence-electron chi connectivity index (χ1n) is 7.84. The highest BCUT2D eigenvalue weighted by Crippen LogP contribution is 2.50. The molecule has 1 aromatic heterocycles. The van der Waals surface area contributed by atoms with Crippen molar-refractivity contribution in [2.75, 3.05) is 5.32 Å². The molecule has 1 aromatic carbocycles. The zero-order chi connectivity index (χ0) is 16.4. The fourth-order valence-corrected chi connectivity index (χ4v) is 4.21. The Morgan fingerprint density at radius 2 is 2.00 bits per heavy atom. The van der Waals surface area contributed by atoms with E-state index < -0.39 is 17.3 Å². The van der Waals surface area contributed by atoms with Gasteiger partial charge in [-0.1, -0.05) is 19.8 Å². The molecule has 1 saturated carbocycles. The number of rotatable bonds is 0. The van der Waals surface area contributed by atoms with E-state index in [9.17, 15) is 18.0 Å². The summed E-state index contributed by atoms with van der Waals surface area (Å²) < 4.78 is 39.9. The summed E-state index contributed by atoms with van der Waals surface area (Å²) in [5.41, 5.74) is 0.293. The number of aromatic amines is 1. The minimum absolute atomic E-state index is 0.0742. The van der Waals surface area contributed by atoms with Crippen molar-refractivity contribution in [3.63, 3.8) is 0 Å². The van der Waals surface area contributed by atoms with E-state index in [0.29, 0.717) is 6.07 Å². The number of pyridine rings is 1. The molecule has 2 aliphatic rings. The van der Waals surface area contributed by atoms with Gasteiger partial charge in [0, 0.05) is 28.6 Å². The molecule has 6 heteroatoms. The van der Waals surface area contributed by atoms with Crippen LogP contribution in [0.25, 0.3) is 10.9 Å². The van der Waals surface area contributed by atoms with Crippen LogP contribution in [0, 0.1) is 0 Å². The highest BCUT2D eigenvalue weighted by atomic mass is 19.4. The van der Waals surface area contributed by atoms with Crippen LogP contribution < -0.4 is 10.9 Å². The summed E-state index contributed by atoms with van der Waals surface area (Å²) in [5.74, 6) is 0. The minimum Gasteiger partial charge on any atom is -0.381 e. The van der Waals surface area contributed by atoms with E-state index in [1.807, 2.05) is 0 Å². The molecule has 1 aliphatic heterocycles. The molecule has 2 atom stereocenters. The van der Waals surface area contributed by atoms with E-state index in [1.165, 1.54) is 0 Å². The maximum Gasteiger partial charge on any atom is 0.417 e. The lowest BCUT2D eigenvalue weighted by Crippen LogP contribution is -2.38. The lowest BCUT2D eigenvalue weighted by molar-refractivity contribution is -0.136. The first-order valence-corrected chi connectivity index (χ1v) is 7.84. The molecule has 4 rings (SSSR count). The van der Waals surface area contributed by atoms with Gasteiger partial charge in [-0.2, -0.15) is 13.2 Å². The molecule has 0 radical (unpaired) electrons. The van der Waals surface area contributed by atoms with Crippen LogP contribution in [0.15, 0.2) is 23.0 Å². The van der Waals surface area contributed by atoms with E-state index in [4.69, 9.17) is 0 Å². The third kappa shape index (κ3) is 2.07.